The molecule has 1 amide bonds. The van der Waals surface area contributed by atoms with Gasteiger partial charge in [-0.25, -0.2) is 4.68 Å². The van der Waals surface area contributed by atoms with Crippen LogP contribution in [-0.2, 0) is 11.3 Å². The van der Waals surface area contributed by atoms with Gasteiger partial charge >= 0.3 is 0 Å². The lowest BCUT2D eigenvalue weighted by Crippen LogP contribution is -2.28. The predicted molar refractivity (Wildman–Crippen MR) is 128 cm³/mol. The summed E-state index contributed by atoms with van der Waals surface area (Å²) >= 11 is 1.64. The number of hydrogen-bond acceptors (Lipinski definition) is 4. The summed E-state index contributed by atoms with van der Waals surface area (Å²) in [7, 11) is 1.66. The van der Waals surface area contributed by atoms with E-state index in [0.717, 1.165) is 33.8 Å². The lowest BCUT2D eigenvalue weighted by Gasteiger charge is -2.25. The molecule has 5 nitrogen and oxygen atoms in total. The first kappa shape index (κ1) is 20.4. The molecule has 0 radical (unpaired) electrons. The minimum atomic E-state index is -0.125. The Hall–Kier alpha value is -3.51. The summed E-state index contributed by atoms with van der Waals surface area (Å²) in [5, 5.41) is 4.81. The highest BCUT2D eigenvalue weighted by atomic mass is 32.2. The van der Waals surface area contributed by atoms with Crippen LogP contribution in [0.15, 0.2) is 91.1 Å². The maximum Gasteiger partial charge on any atom is 0.234 e. The highest BCUT2D eigenvalue weighted by Crippen LogP contribution is 2.44. The predicted octanol–water partition coefficient (Wildman–Crippen LogP) is 5.32. The summed E-state index contributed by atoms with van der Waals surface area (Å²) in [6.45, 7) is 0.491. The second-order valence-corrected chi connectivity index (χ2v) is 8.64. The van der Waals surface area contributed by atoms with Crippen LogP contribution in [0.5, 0.6) is 5.75 Å². The number of benzene rings is 3. The molecule has 1 unspecified atom stereocenters. The molecular weight excluding hydrogens is 418 g/mol. The highest BCUT2D eigenvalue weighted by Gasteiger charge is 2.36. The van der Waals surface area contributed by atoms with Crippen LogP contribution in [0.3, 0.4) is 0 Å². The third kappa shape index (κ3) is 3.89. The molecule has 0 saturated carbocycles. The summed E-state index contributed by atoms with van der Waals surface area (Å²) < 4.78 is 7.43. The Morgan fingerprint density at radius 2 is 1.66 bits per heavy atom. The topological polar surface area (TPSA) is 47.4 Å². The highest BCUT2D eigenvalue weighted by molar-refractivity contribution is 8.00. The van der Waals surface area contributed by atoms with Gasteiger partial charge in [0.05, 0.1) is 30.8 Å². The lowest BCUT2D eigenvalue weighted by molar-refractivity contribution is -0.128. The molecule has 32 heavy (non-hydrogen) atoms. The molecule has 1 atom stereocenters. The molecule has 1 aliphatic rings. The average molecular weight is 442 g/mol. The third-order valence-corrected chi connectivity index (χ3v) is 6.82. The third-order valence-electron chi connectivity index (χ3n) is 5.58. The van der Waals surface area contributed by atoms with Crippen LogP contribution in [0, 0.1) is 0 Å². The minimum Gasteiger partial charge on any atom is -0.496 e. The second kappa shape index (κ2) is 8.93. The number of methoxy groups -OCH3 is 1. The van der Waals surface area contributed by atoms with Gasteiger partial charge in [0.1, 0.15) is 11.1 Å². The van der Waals surface area contributed by atoms with Gasteiger partial charge in [0.25, 0.3) is 0 Å². The van der Waals surface area contributed by atoms with Crippen molar-refractivity contribution in [3.05, 3.63) is 102 Å². The van der Waals surface area contributed by atoms with Crippen molar-refractivity contribution in [1.29, 1.82) is 0 Å². The smallest absolute Gasteiger partial charge is 0.234 e. The van der Waals surface area contributed by atoms with Crippen LogP contribution in [0.25, 0.3) is 16.9 Å². The van der Waals surface area contributed by atoms with Gasteiger partial charge in [-0.15, -0.1) is 11.8 Å². The quantitative estimate of drug-likeness (QED) is 0.406. The van der Waals surface area contributed by atoms with E-state index in [1.807, 2.05) is 82.4 Å². The zero-order chi connectivity index (χ0) is 21.9. The maximum atomic E-state index is 12.9. The van der Waals surface area contributed by atoms with E-state index < -0.39 is 0 Å². The van der Waals surface area contributed by atoms with Crippen molar-refractivity contribution in [3.8, 4) is 22.7 Å². The monoisotopic (exact) mass is 441 g/mol. The number of ether oxygens (including phenoxy) is 1. The molecule has 1 saturated heterocycles. The average Bonchev–Trinajstić information content (AvgIpc) is 3.44. The van der Waals surface area contributed by atoms with Crippen molar-refractivity contribution in [3.63, 3.8) is 0 Å². The molecule has 0 aliphatic carbocycles. The molecule has 6 heteroatoms. The molecule has 3 aromatic carbocycles. The van der Waals surface area contributed by atoms with Gasteiger partial charge in [0.2, 0.25) is 5.91 Å². The molecule has 5 rings (SSSR count). The zero-order valence-corrected chi connectivity index (χ0v) is 18.5. The minimum absolute atomic E-state index is 0.123. The van der Waals surface area contributed by atoms with E-state index in [2.05, 4.69) is 18.3 Å². The van der Waals surface area contributed by atoms with E-state index in [1.165, 1.54) is 0 Å². The number of hydrogen-bond donors (Lipinski definition) is 0. The SMILES string of the molecule is COc1ccccc1CN1C(=O)CSC1c1cn(-c2ccccc2)nc1-c1ccccc1. The van der Waals surface area contributed by atoms with Crippen molar-refractivity contribution in [2.24, 2.45) is 0 Å². The first-order valence-electron chi connectivity index (χ1n) is 10.5. The Kier molecular flexibility index (Phi) is 5.69. The van der Waals surface area contributed by atoms with E-state index >= 15 is 0 Å². The second-order valence-electron chi connectivity index (χ2n) is 7.58. The summed E-state index contributed by atoms with van der Waals surface area (Å²) in [6, 6.07) is 28.1. The molecule has 1 aromatic heterocycles. The van der Waals surface area contributed by atoms with Gasteiger partial charge in [-0.2, -0.15) is 5.10 Å². The molecule has 1 aliphatic heterocycles. The van der Waals surface area contributed by atoms with E-state index in [-0.39, 0.29) is 11.3 Å². The molecule has 160 valence electrons. The number of aromatic nitrogens is 2. The van der Waals surface area contributed by atoms with Crippen molar-refractivity contribution in [2.45, 2.75) is 11.9 Å². The number of carbonyl (C=O) groups excluding carboxylic acids is 1. The Balaban J connectivity index is 1.57. The molecule has 0 spiro atoms. The number of rotatable bonds is 6. The molecule has 0 N–H and O–H groups in total. The molecule has 2 heterocycles. The Morgan fingerprint density at radius 1 is 0.969 bits per heavy atom. The summed E-state index contributed by atoms with van der Waals surface area (Å²) in [6.07, 6.45) is 2.06. The fourth-order valence-electron chi connectivity index (χ4n) is 4.00. The first-order valence-corrected chi connectivity index (χ1v) is 11.5. The Bertz CT molecular complexity index is 1220. The van der Waals surface area contributed by atoms with Crippen molar-refractivity contribution in [1.82, 2.24) is 14.7 Å². The van der Waals surface area contributed by atoms with Gasteiger partial charge in [-0.1, -0.05) is 66.7 Å². The largest absolute Gasteiger partial charge is 0.496 e. The number of thioether (sulfide) groups is 1. The van der Waals surface area contributed by atoms with Gasteiger partial charge in [-0.3, -0.25) is 4.79 Å². The summed E-state index contributed by atoms with van der Waals surface area (Å²) in [5.74, 6) is 1.36. The van der Waals surface area contributed by atoms with Gasteiger partial charge in [-0.05, 0) is 18.2 Å². The van der Waals surface area contributed by atoms with Crippen LogP contribution in [-0.4, -0.2) is 33.5 Å². The summed E-state index contributed by atoms with van der Waals surface area (Å²) in [4.78, 5) is 14.9. The van der Waals surface area contributed by atoms with Crippen LogP contribution in [0.1, 0.15) is 16.5 Å². The van der Waals surface area contributed by atoms with E-state index in [0.29, 0.717) is 12.3 Å². The van der Waals surface area contributed by atoms with Gasteiger partial charge in [0, 0.05) is 22.9 Å². The molecule has 0 bridgehead atoms. The van der Waals surface area contributed by atoms with Crippen LogP contribution >= 0.6 is 11.8 Å². The zero-order valence-electron chi connectivity index (χ0n) is 17.7. The fraction of sp³-hybridized carbons (Fsp3) is 0.154. The summed E-state index contributed by atoms with van der Waals surface area (Å²) in [5.41, 5.74) is 4.95. The molecular formula is C26H23N3O2S. The van der Waals surface area contributed by atoms with Crippen molar-refractivity contribution >= 4 is 17.7 Å². The lowest BCUT2D eigenvalue weighted by atomic mass is 10.1. The van der Waals surface area contributed by atoms with Crippen LogP contribution in [0.4, 0.5) is 0 Å². The van der Waals surface area contributed by atoms with E-state index in [1.54, 1.807) is 18.9 Å². The fourth-order valence-corrected chi connectivity index (χ4v) is 5.19. The van der Waals surface area contributed by atoms with Crippen LogP contribution in [0.2, 0.25) is 0 Å². The normalized spacial score (nSPS) is 15.8. The van der Waals surface area contributed by atoms with Crippen molar-refractivity contribution < 1.29 is 9.53 Å². The standard InChI is InChI=1S/C26H23N3O2S/c1-31-23-15-9-8-12-20(23)16-28-24(30)18-32-26(28)22-17-29(21-13-6-3-7-14-21)27-25(22)19-10-4-2-5-11-19/h2-15,17,26H,16,18H2,1H3. The van der Waals surface area contributed by atoms with E-state index in [9.17, 15) is 4.79 Å². The Labute approximate surface area is 191 Å². The van der Waals surface area contributed by atoms with Crippen LogP contribution < -0.4 is 4.74 Å². The van der Waals surface area contributed by atoms with E-state index in [4.69, 9.17) is 9.84 Å². The molecule has 4 aromatic rings. The first-order chi connectivity index (χ1) is 15.7. The number of amides is 1. The maximum absolute atomic E-state index is 12.9. The number of para-hydroxylation sites is 2. The number of carbonyl (C=O) groups is 1. The molecule has 1 fully saturated rings. The van der Waals surface area contributed by atoms with Gasteiger partial charge < -0.3 is 9.64 Å². The van der Waals surface area contributed by atoms with Gasteiger partial charge in [0.15, 0.2) is 0 Å². The van der Waals surface area contributed by atoms with Crippen molar-refractivity contribution in [2.75, 3.05) is 12.9 Å². The number of nitrogens with zero attached hydrogens (tertiary/aromatic N) is 3. The Morgan fingerprint density at radius 3 is 2.41 bits per heavy atom.